The van der Waals surface area contributed by atoms with E-state index >= 15 is 0 Å². The zero-order valence-corrected chi connectivity index (χ0v) is 33.5. The lowest BCUT2D eigenvalue weighted by molar-refractivity contribution is 1.07. The predicted molar refractivity (Wildman–Crippen MR) is 261 cm³/mol. The molecule has 1 aromatic heterocycles. The van der Waals surface area contributed by atoms with Crippen LogP contribution in [0.4, 0.5) is 0 Å². The van der Waals surface area contributed by atoms with E-state index in [-0.39, 0.29) is 0 Å². The molecule has 0 aliphatic carbocycles. The Kier molecular flexibility index (Phi) is 7.60. The fourth-order valence-corrected chi connectivity index (χ4v) is 9.85. The van der Waals surface area contributed by atoms with Gasteiger partial charge in [0.1, 0.15) is 0 Å². The van der Waals surface area contributed by atoms with Crippen LogP contribution in [0.2, 0.25) is 0 Å². The Morgan fingerprint density at radius 2 is 0.581 bits per heavy atom. The lowest BCUT2D eigenvalue weighted by atomic mass is 9.86. The van der Waals surface area contributed by atoms with Crippen LogP contribution in [0.3, 0.4) is 0 Å². The van der Waals surface area contributed by atoms with Crippen LogP contribution in [-0.4, -0.2) is 15.0 Å². The molecule has 0 aliphatic rings. The number of benzene rings is 11. The summed E-state index contributed by atoms with van der Waals surface area (Å²) in [5.74, 6) is 1.93. The van der Waals surface area contributed by atoms with Gasteiger partial charge in [0.25, 0.3) is 0 Å². The maximum atomic E-state index is 5.12. The molecule has 0 aliphatic heterocycles. The molecule has 0 fully saturated rings. The van der Waals surface area contributed by atoms with E-state index in [1.165, 1.54) is 75.6 Å². The standard InChI is InChI=1S/C59H35N3/c1-2-12-40(13-3-1)57-60-58(62-59(61-57)47-30-25-36-11-4-5-14-41(36)32-47)46-21-7-19-43(33-46)42-18-6-20-44(31-42)48-34-45-29-28-39-16-9-23-50-49-22-8-15-37-26-27-38-17-10-24-51(55(38)53(37)49)52(35-48)56(45)54(39)50/h1-35H. The molecule has 12 aromatic carbocycles. The van der Waals surface area contributed by atoms with Gasteiger partial charge >= 0.3 is 0 Å². The predicted octanol–water partition coefficient (Wildman–Crippen LogP) is 15.7. The molecule has 0 atom stereocenters. The molecule has 13 aromatic rings. The fraction of sp³-hybridized carbons (Fsp3) is 0. The Morgan fingerprint density at radius 1 is 0.194 bits per heavy atom. The molecule has 0 spiro atoms. The molecule has 3 heteroatoms. The highest BCUT2D eigenvalue weighted by atomic mass is 15.0. The second kappa shape index (κ2) is 13.6. The molecule has 0 saturated heterocycles. The van der Waals surface area contributed by atoms with Crippen molar-refractivity contribution in [1.29, 1.82) is 0 Å². The van der Waals surface area contributed by atoms with Gasteiger partial charge in [-0.05, 0) is 128 Å². The molecule has 1 heterocycles. The molecule has 3 nitrogen and oxygen atoms in total. The first-order chi connectivity index (χ1) is 30.7. The van der Waals surface area contributed by atoms with E-state index in [2.05, 4.69) is 194 Å². The molecule has 62 heavy (non-hydrogen) atoms. The van der Waals surface area contributed by atoms with Gasteiger partial charge in [0.05, 0.1) is 0 Å². The summed E-state index contributed by atoms with van der Waals surface area (Å²) >= 11 is 0. The smallest absolute Gasteiger partial charge is 0.164 e. The number of aromatic nitrogens is 3. The van der Waals surface area contributed by atoms with Gasteiger partial charge in [-0.15, -0.1) is 0 Å². The van der Waals surface area contributed by atoms with Crippen molar-refractivity contribution >= 4 is 75.4 Å². The zero-order valence-electron chi connectivity index (χ0n) is 33.5. The molecule has 0 N–H and O–H groups in total. The van der Waals surface area contributed by atoms with E-state index in [1.54, 1.807) is 0 Å². The van der Waals surface area contributed by atoms with Gasteiger partial charge in [-0.3, -0.25) is 0 Å². The highest BCUT2D eigenvalue weighted by molar-refractivity contribution is 6.37. The molecule has 0 radical (unpaired) electrons. The van der Waals surface area contributed by atoms with Crippen LogP contribution in [0.1, 0.15) is 0 Å². The molecule has 0 amide bonds. The van der Waals surface area contributed by atoms with Gasteiger partial charge in [0, 0.05) is 16.7 Å². The summed E-state index contributed by atoms with van der Waals surface area (Å²) in [7, 11) is 0. The van der Waals surface area contributed by atoms with Crippen molar-refractivity contribution in [3.05, 3.63) is 212 Å². The van der Waals surface area contributed by atoms with Gasteiger partial charge < -0.3 is 0 Å². The number of fused-ring (bicyclic) bond motifs is 3. The SMILES string of the molecule is c1ccc(-c2nc(-c3cccc(-c4cccc(-c5cc6ccc7cccc8c9cccc%10ccc%11cccc(c(c5)c6c78)c%11c%109)c4)c3)nc(-c3ccc4ccccc4c3)n2)cc1. The summed E-state index contributed by atoms with van der Waals surface area (Å²) in [6.45, 7) is 0. The van der Waals surface area contributed by atoms with Crippen molar-refractivity contribution in [3.8, 4) is 56.4 Å². The van der Waals surface area contributed by atoms with Crippen molar-refractivity contribution in [1.82, 2.24) is 15.0 Å². The minimum atomic E-state index is 0.637. The van der Waals surface area contributed by atoms with Crippen LogP contribution in [0.15, 0.2) is 212 Å². The van der Waals surface area contributed by atoms with Crippen molar-refractivity contribution in [3.63, 3.8) is 0 Å². The van der Waals surface area contributed by atoms with E-state index < -0.39 is 0 Å². The first-order valence-corrected chi connectivity index (χ1v) is 21.2. The summed E-state index contributed by atoms with van der Waals surface area (Å²) in [6.07, 6.45) is 0. The third-order valence-electron chi connectivity index (χ3n) is 12.7. The highest BCUT2D eigenvalue weighted by Crippen LogP contribution is 2.44. The number of hydrogen-bond acceptors (Lipinski definition) is 3. The van der Waals surface area contributed by atoms with Crippen molar-refractivity contribution < 1.29 is 0 Å². The van der Waals surface area contributed by atoms with E-state index in [0.29, 0.717) is 17.5 Å². The van der Waals surface area contributed by atoms with E-state index in [4.69, 9.17) is 15.0 Å². The second-order valence-electron chi connectivity index (χ2n) is 16.4. The van der Waals surface area contributed by atoms with E-state index in [1.807, 2.05) is 18.2 Å². The van der Waals surface area contributed by atoms with Gasteiger partial charge in [-0.2, -0.15) is 0 Å². The Bertz CT molecular complexity index is 3920. The Labute approximate surface area is 357 Å². The molecular formula is C59H35N3. The van der Waals surface area contributed by atoms with E-state index in [9.17, 15) is 0 Å². The lowest BCUT2D eigenvalue weighted by Crippen LogP contribution is -2.00. The molecule has 13 rings (SSSR count). The minimum absolute atomic E-state index is 0.637. The van der Waals surface area contributed by atoms with E-state index in [0.717, 1.165) is 38.8 Å². The average Bonchev–Trinajstić information content (AvgIpc) is 3.35. The third kappa shape index (κ3) is 5.49. The first kappa shape index (κ1) is 34.6. The van der Waals surface area contributed by atoms with Gasteiger partial charge in [0.2, 0.25) is 0 Å². The van der Waals surface area contributed by atoms with Crippen LogP contribution in [0.25, 0.3) is 132 Å². The molecule has 286 valence electrons. The lowest BCUT2D eigenvalue weighted by Gasteiger charge is -2.17. The summed E-state index contributed by atoms with van der Waals surface area (Å²) in [5.41, 5.74) is 7.41. The van der Waals surface area contributed by atoms with Crippen LogP contribution in [0, 0.1) is 0 Å². The summed E-state index contributed by atoms with van der Waals surface area (Å²) in [4.78, 5) is 15.2. The quantitative estimate of drug-likeness (QED) is 0.163. The van der Waals surface area contributed by atoms with Crippen molar-refractivity contribution in [2.24, 2.45) is 0 Å². The summed E-state index contributed by atoms with van der Waals surface area (Å²) in [6, 6.07) is 76.7. The number of rotatable bonds is 5. The van der Waals surface area contributed by atoms with Gasteiger partial charge in [-0.1, -0.05) is 182 Å². The van der Waals surface area contributed by atoms with Crippen LogP contribution in [-0.2, 0) is 0 Å². The summed E-state index contributed by atoms with van der Waals surface area (Å²) in [5, 5.41) is 17.7. The molecule has 0 saturated carbocycles. The normalized spacial score (nSPS) is 11.9. The fourth-order valence-electron chi connectivity index (χ4n) is 9.85. The maximum absolute atomic E-state index is 5.12. The Morgan fingerprint density at radius 3 is 1.21 bits per heavy atom. The second-order valence-corrected chi connectivity index (χ2v) is 16.4. The average molecular weight is 786 g/mol. The minimum Gasteiger partial charge on any atom is -0.208 e. The van der Waals surface area contributed by atoms with Gasteiger partial charge in [-0.25, -0.2) is 15.0 Å². The van der Waals surface area contributed by atoms with Crippen LogP contribution in [0.5, 0.6) is 0 Å². The monoisotopic (exact) mass is 785 g/mol. The van der Waals surface area contributed by atoms with Crippen molar-refractivity contribution in [2.75, 3.05) is 0 Å². The zero-order chi connectivity index (χ0) is 40.7. The topological polar surface area (TPSA) is 38.7 Å². The largest absolute Gasteiger partial charge is 0.208 e. The number of nitrogens with zero attached hydrogens (tertiary/aromatic N) is 3. The summed E-state index contributed by atoms with van der Waals surface area (Å²) < 4.78 is 0. The van der Waals surface area contributed by atoms with Gasteiger partial charge in [0.15, 0.2) is 17.5 Å². The Hall–Kier alpha value is -8.27. The molecule has 0 unspecified atom stereocenters. The third-order valence-corrected chi connectivity index (χ3v) is 12.7. The highest BCUT2D eigenvalue weighted by Gasteiger charge is 2.18. The first-order valence-electron chi connectivity index (χ1n) is 21.2. The molecular weight excluding hydrogens is 751 g/mol. The van der Waals surface area contributed by atoms with Crippen LogP contribution >= 0.6 is 0 Å². The maximum Gasteiger partial charge on any atom is 0.164 e. The molecule has 0 bridgehead atoms. The Balaban J connectivity index is 0.980. The van der Waals surface area contributed by atoms with Crippen molar-refractivity contribution in [2.45, 2.75) is 0 Å². The number of hydrogen-bond donors (Lipinski definition) is 0. The van der Waals surface area contributed by atoms with Crippen LogP contribution < -0.4 is 0 Å².